The second kappa shape index (κ2) is 5.37. The van der Waals surface area contributed by atoms with Gasteiger partial charge in [0.1, 0.15) is 17.5 Å². The molecule has 0 amide bonds. The molecule has 3 N–H and O–H groups in total. The van der Waals surface area contributed by atoms with Crippen molar-refractivity contribution in [3.05, 3.63) is 23.8 Å². The van der Waals surface area contributed by atoms with Crippen LogP contribution in [0.3, 0.4) is 0 Å². The van der Waals surface area contributed by atoms with Crippen LogP contribution in [0.15, 0.2) is 18.2 Å². The van der Waals surface area contributed by atoms with E-state index in [1.54, 1.807) is 18.2 Å². The molecule has 88 valence electrons. The predicted molar refractivity (Wildman–Crippen MR) is 58.7 cm³/mol. The molecule has 1 unspecified atom stereocenters. The van der Waals surface area contributed by atoms with Crippen molar-refractivity contribution in [3.8, 4) is 11.5 Å². The van der Waals surface area contributed by atoms with E-state index in [1.807, 2.05) is 6.92 Å². The van der Waals surface area contributed by atoms with Gasteiger partial charge in [-0.15, -0.1) is 0 Å². The third-order valence-electron chi connectivity index (χ3n) is 2.12. The first-order chi connectivity index (χ1) is 7.61. The Morgan fingerprint density at radius 1 is 1.50 bits per heavy atom. The second-order valence-corrected chi connectivity index (χ2v) is 3.12. The third-order valence-corrected chi connectivity index (χ3v) is 2.12. The molecule has 0 spiro atoms. The maximum atomic E-state index is 10.9. The van der Waals surface area contributed by atoms with Crippen LogP contribution in [0, 0.1) is 0 Å². The number of hydrogen-bond donors (Lipinski definition) is 2. The van der Waals surface area contributed by atoms with Crippen LogP contribution in [0.5, 0.6) is 11.5 Å². The third kappa shape index (κ3) is 2.43. The average Bonchev–Trinajstić information content (AvgIpc) is 2.28. The van der Waals surface area contributed by atoms with E-state index < -0.39 is 12.0 Å². The van der Waals surface area contributed by atoms with Gasteiger partial charge in [0.25, 0.3) is 0 Å². The van der Waals surface area contributed by atoms with Gasteiger partial charge in [-0.2, -0.15) is 0 Å². The molecular formula is C11H15NO4. The van der Waals surface area contributed by atoms with Gasteiger partial charge in [0, 0.05) is 0 Å². The number of carboxylic acid groups (broad SMARTS) is 1. The molecular weight excluding hydrogens is 210 g/mol. The zero-order valence-electron chi connectivity index (χ0n) is 9.27. The summed E-state index contributed by atoms with van der Waals surface area (Å²) >= 11 is 0. The Kier molecular flexibility index (Phi) is 4.13. The van der Waals surface area contributed by atoms with E-state index in [2.05, 4.69) is 0 Å². The van der Waals surface area contributed by atoms with Crippen molar-refractivity contribution >= 4 is 5.97 Å². The van der Waals surface area contributed by atoms with Crippen LogP contribution >= 0.6 is 0 Å². The molecule has 5 nitrogen and oxygen atoms in total. The van der Waals surface area contributed by atoms with Gasteiger partial charge in [0.15, 0.2) is 0 Å². The monoisotopic (exact) mass is 225 g/mol. The highest BCUT2D eigenvalue weighted by atomic mass is 16.5. The standard InChI is InChI=1S/C11H15NO4/c1-3-16-8-6-4-5-7(15-2)9(8)10(12)11(13)14/h4-6,10H,3,12H2,1-2H3,(H,13,14). The van der Waals surface area contributed by atoms with Crippen LogP contribution in [0.1, 0.15) is 18.5 Å². The number of nitrogens with two attached hydrogens (primary N) is 1. The summed E-state index contributed by atoms with van der Waals surface area (Å²) in [7, 11) is 1.46. The minimum absolute atomic E-state index is 0.361. The topological polar surface area (TPSA) is 81.8 Å². The van der Waals surface area contributed by atoms with Crippen LogP contribution in [-0.4, -0.2) is 24.8 Å². The fourth-order valence-corrected chi connectivity index (χ4v) is 1.41. The molecule has 0 aromatic heterocycles. The molecule has 0 aliphatic carbocycles. The number of hydrogen-bond acceptors (Lipinski definition) is 4. The molecule has 0 aliphatic heterocycles. The van der Waals surface area contributed by atoms with Crippen LogP contribution in [0.2, 0.25) is 0 Å². The van der Waals surface area contributed by atoms with E-state index in [0.29, 0.717) is 23.7 Å². The lowest BCUT2D eigenvalue weighted by Crippen LogP contribution is -2.22. The highest BCUT2D eigenvalue weighted by Gasteiger charge is 2.23. The first-order valence-corrected chi connectivity index (χ1v) is 4.89. The summed E-state index contributed by atoms with van der Waals surface area (Å²) in [6.07, 6.45) is 0. The summed E-state index contributed by atoms with van der Waals surface area (Å²) in [5.41, 5.74) is 5.95. The molecule has 1 atom stereocenters. The molecule has 5 heteroatoms. The number of aliphatic carboxylic acids is 1. The summed E-state index contributed by atoms with van der Waals surface area (Å²) in [6, 6.07) is 3.89. The lowest BCUT2D eigenvalue weighted by atomic mass is 10.1. The summed E-state index contributed by atoms with van der Waals surface area (Å²) < 4.78 is 10.4. The van der Waals surface area contributed by atoms with Gasteiger partial charge < -0.3 is 20.3 Å². The van der Waals surface area contributed by atoms with E-state index in [9.17, 15) is 4.79 Å². The van der Waals surface area contributed by atoms with E-state index in [1.165, 1.54) is 7.11 Å². The Bertz CT molecular complexity index is 378. The number of ether oxygens (including phenoxy) is 2. The van der Waals surface area contributed by atoms with Gasteiger partial charge >= 0.3 is 5.97 Å². The summed E-state index contributed by atoms with van der Waals surface area (Å²) in [4.78, 5) is 10.9. The van der Waals surface area contributed by atoms with Crippen molar-refractivity contribution in [2.24, 2.45) is 5.73 Å². The van der Waals surface area contributed by atoms with Crippen LogP contribution in [0.25, 0.3) is 0 Å². The zero-order chi connectivity index (χ0) is 12.1. The quantitative estimate of drug-likeness (QED) is 0.786. The van der Waals surface area contributed by atoms with Gasteiger partial charge in [0.05, 0.1) is 19.3 Å². The van der Waals surface area contributed by atoms with E-state index in [0.717, 1.165) is 0 Å². The molecule has 1 rings (SSSR count). The van der Waals surface area contributed by atoms with E-state index in [-0.39, 0.29) is 0 Å². The molecule has 16 heavy (non-hydrogen) atoms. The first kappa shape index (κ1) is 12.3. The molecule has 0 radical (unpaired) electrons. The minimum atomic E-state index is -1.15. The summed E-state index contributed by atoms with van der Waals surface area (Å²) in [6.45, 7) is 2.25. The van der Waals surface area contributed by atoms with Crippen molar-refractivity contribution in [2.75, 3.05) is 13.7 Å². The highest BCUT2D eigenvalue weighted by molar-refractivity contribution is 5.77. The Morgan fingerprint density at radius 3 is 2.62 bits per heavy atom. The maximum Gasteiger partial charge on any atom is 0.325 e. The SMILES string of the molecule is CCOc1cccc(OC)c1C(N)C(=O)O. The molecule has 0 saturated carbocycles. The highest BCUT2D eigenvalue weighted by Crippen LogP contribution is 2.33. The number of benzene rings is 1. The maximum absolute atomic E-state index is 10.9. The van der Waals surface area contributed by atoms with Gasteiger partial charge in [-0.25, -0.2) is 0 Å². The lowest BCUT2D eigenvalue weighted by Gasteiger charge is -2.16. The number of carboxylic acids is 1. The Balaban J connectivity index is 3.23. The van der Waals surface area contributed by atoms with Crippen LogP contribution < -0.4 is 15.2 Å². The van der Waals surface area contributed by atoms with E-state index in [4.69, 9.17) is 20.3 Å². The van der Waals surface area contributed by atoms with Gasteiger partial charge in [-0.3, -0.25) is 4.79 Å². The second-order valence-electron chi connectivity index (χ2n) is 3.12. The molecule has 0 saturated heterocycles. The van der Waals surface area contributed by atoms with Crippen molar-refractivity contribution in [2.45, 2.75) is 13.0 Å². The summed E-state index contributed by atoms with van der Waals surface area (Å²) in [5.74, 6) is -0.261. The Hall–Kier alpha value is -1.75. The Labute approximate surface area is 93.8 Å². The van der Waals surface area contributed by atoms with Crippen molar-refractivity contribution in [3.63, 3.8) is 0 Å². The first-order valence-electron chi connectivity index (χ1n) is 4.89. The summed E-state index contributed by atoms with van der Waals surface area (Å²) in [5, 5.41) is 8.91. The molecule has 0 fully saturated rings. The molecule has 1 aromatic carbocycles. The van der Waals surface area contributed by atoms with Crippen molar-refractivity contribution < 1.29 is 19.4 Å². The smallest absolute Gasteiger partial charge is 0.325 e. The van der Waals surface area contributed by atoms with Crippen LogP contribution in [-0.2, 0) is 4.79 Å². The minimum Gasteiger partial charge on any atom is -0.496 e. The number of carbonyl (C=O) groups is 1. The van der Waals surface area contributed by atoms with Crippen molar-refractivity contribution in [1.82, 2.24) is 0 Å². The molecule has 0 bridgehead atoms. The average molecular weight is 225 g/mol. The van der Waals surface area contributed by atoms with Gasteiger partial charge in [-0.1, -0.05) is 6.07 Å². The largest absolute Gasteiger partial charge is 0.496 e. The molecule has 0 aliphatic rings. The van der Waals surface area contributed by atoms with Crippen molar-refractivity contribution in [1.29, 1.82) is 0 Å². The molecule has 0 heterocycles. The number of methoxy groups -OCH3 is 1. The normalized spacial score (nSPS) is 11.9. The predicted octanol–water partition coefficient (Wildman–Crippen LogP) is 1.18. The zero-order valence-corrected chi connectivity index (χ0v) is 9.27. The molecule has 1 aromatic rings. The Morgan fingerprint density at radius 2 is 2.12 bits per heavy atom. The van der Waals surface area contributed by atoms with Gasteiger partial charge in [-0.05, 0) is 19.1 Å². The van der Waals surface area contributed by atoms with Crippen LogP contribution in [0.4, 0.5) is 0 Å². The fourth-order valence-electron chi connectivity index (χ4n) is 1.41. The van der Waals surface area contributed by atoms with Gasteiger partial charge in [0.2, 0.25) is 0 Å². The fraction of sp³-hybridized carbons (Fsp3) is 0.364. The number of rotatable bonds is 5. The van der Waals surface area contributed by atoms with E-state index >= 15 is 0 Å². The lowest BCUT2D eigenvalue weighted by molar-refractivity contribution is -0.138.